The van der Waals surface area contributed by atoms with Gasteiger partial charge in [-0.05, 0) is 85.9 Å². The van der Waals surface area contributed by atoms with Crippen molar-refractivity contribution in [2.75, 3.05) is 0 Å². The standard InChI is InChI=1S/2C13H28/c2*1-10(2)7-12(5)9-13(6)8-11(3)4/h2*10-13H,7-9H2,1-6H3/t12-,13+;12-,13-/m.0/s1. The first kappa shape index (κ1) is 28.2. The zero-order valence-corrected chi connectivity index (χ0v) is 20.9. The van der Waals surface area contributed by atoms with E-state index in [1.807, 2.05) is 0 Å². The smallest absolute Gasteiger partial charge is 0.0438 e. The lowest BCUT2D eigenvalue weighted by Gasteiger charge is -2.20. The minimum absolute atomic E-state index is 0.862. The van der Waals surface area contributed by atoms with Crippen molar-refractivity contribution >= 4 is 0 Å². The summed E-state index contributed by atoms with van der Waals surface area (Å²) in [4.78, 5) is 0. The molecule has 0 saturated carbocycles. The molecule has 4 atom stereocenters. The highest BCUT2D eigenvalue weighted by molar-refractivity contribution is 4.64. The summed E-state index contributed by atoms with van der Waals surface area (Å²) in [6, 6.07) is 0. The average molecular weight is 369 g/mol. The topological polar surface area (TPSA) is 0 Å². The molecule has 0 aromatic heterocycles. The summed E-state index contributed by atoms with van der Waals surface area (Å²) in [5.74, 6) is 7.09. The normalized spacial score (nSPS) is 16.6. The first-order chi connectivity index (χ1) is 11.8. The Hall–Kier alpha value is 0. The Morgan fingerprint density at radius 2 is 0.423 bits per heavy atom. The predicted molar refractivity (Wildman–Crippen MR) is 124 cm³/mol. The molecule has 0 fully saturated rings. The summed E-state index contributed by atoms with van der Waals surface area (Å²) in [6.07, 6.45) is 8.39. The van der Waals surface area contributed by atoms with E-state index in [2.05, 4.69) is 83.1 Å². The Balaban J connectivity index is 0. The molecule has 0 saturated heterocycles. The van der Waals surface area contributed by atoms with Crippen LogP contribution in [0.3, 0.4) is 0 Å². The zero-order valence-electron chi connectivity index (χ0n) is 20.9. The number of hydrogen-bond acceptors (Lipinski definition) is 0. The van der Waals surface area contributed by atoms with Crippen molar-refractivity contribution < 1.29 is 0 Å². The fourth-order valence-electron chi connectivity index (χ4n) is 4.98. The van der Waals surface area contributed by atoms with Crippen LogP contribution in [0.2, 0.25) is 0 Å². The van der Waals surface area contributed by atoms with E-state index in [1.54, 1.807) is 0 Å². The molecule has 0 rings (SSSR count). The molecule has 0 unspecified atom stereocenters. The van der Waals surface area contributed by atoms with Gasteiger partial charge in [0.15, 0.2) is 0 Å². The maximum atomic E-state index is 2.40. The summed E-state index contributed by atoms with van der Waals surface area (Å²) in [5, 5.41) is 0. The van der Waals surface area contributed by atoms with Crippen molar-refractivity contribution in [3.05, 3.63) is 0 Å². The minimum Gasteiger partial charge on any atom is -0.0628 e. The van der Waals surface area contributed by atoms with Crippen LogP contribution in [-0.4, -0.2) is 0 Å². The van der Waals surface area contributed by atoms with Gasteiger partial charge in [0.2, 0.25) is 0 Å². The van der Waals surface area contributed by atoms with E-state index >= 15 is 0 Å². The van der Waals surface area contributed by atoms with Crippen molar-refractivity contribution in [3.8, 4) is 0 Å². The fraction of sp³-hybridized carbons (Fsp3) is 1.00. The lowest BCUT2D eigenvalue weighted by molar-refractivity contribution is 0.320. The van der Waals surface area contributed by atoms with Crippen molar-refractivity contribution in [2.45, 2.75) is 122 Å². The second-order valence-electron chi connectivity index (χ2n) is 11.4. The number of rotatable bonds is 12. The first-order valence-corrected chi connectivity index (χ1v) is 11.8. The van der Waals surface area contributed by atoms with E-state index in [4.69, 9.17) is 0 Å². The van der Waals surface area contributed by atoms with Gasteiger partial charge in [-0.3, -0.25) is 0 Å². The molecule has 0 radical (unpaired) electrons. The molecule has 0 aliphatic carbocycles. The molecular formula is C26H56. The van der Waals surface area contributed by atoms with Crippen molar-refractivity contribution in [3.63, 3.8) is 0 Å². The van der Waals surface area contributed by atoms with Crippen LogP contribution in [-0.2, 0) is 0 Å². The predicted octanol–water partition coefficient (Wildman–Crippen LogP) is 9.48. The molecule has 0 heterocycles. The van der Waals surface area contributed by atoms with Gasteiger partial charge in [-0.15, -0.1) is 0 Å². The largest absolute Gasteiger partial charge is 0.0628 e. The van der Waals surface area contributed by atoms with Crippen LogP contribution in [0.25, 0.3) is 0 Å². The van der Waals surface area contributed by atoms with Gasteiger partial charge in [-0.1, -0.05) is 83.1 Å². The Morgan fingerprint density at radius 3 is 0.538 bits per heavy atom. The quantitative estimate of drug-likeness (QED) is 0.321. The highest BCUT2D eigenvalue weighted by atomic mass is 14.2. The van der Waals surface area contributed by atoms with E-state index in [9.17, 15) is 0 Å². The molecule has 0 nitrogen and oxygen atoms in total. The van der Waals surface area contributed by atoms with Crippen molar-refractivity contribution in [1.82, 2.24) is 0 Å². The van der Waals surface area contributed by atoms with E-state index in [-0.39, 0.29) is 0 Å². The zero-order chi connectivity index (χ0) is 20.9. The number of hydrogen-bond donors (Lipinski definition) is 0. The van der Waals surface area contributed by atoms with Crippen molar-refractivity contribution in [1.29, 1.82) is 0 Å². The monoisotopic (exact) mass is 368 g/mol. The van der Waals surface area contributed by atoms with Gasteiger partial charge < -0.3 is 0 Å². The summed E-state index contributed by atoms with van der Waals surface area (Å²) in [6.45, 7) is 28.2. The second kappa shape index (κ2) is 16.0. The van der Waals surface area contributed by atoms with Gasteiger partial charge in [0.25, 0.3) is 0 Å². The molecule has 0 spiro atoms. The molecule has 0 aromatic carbocycles. The molecule has 26 heavy (non-hydrogen) atoms. The van der Waals surface area contributed by atoms with Gasteiger partial charge in [0, 0.05) is 0 Å². The Labute approximate surface area is 169 Å². The van der Waals surface area contributed by atoms with Crippen LogP contribution < -0.4 is 0 Å². The molecule has 0 amide bonds. The Morgan fingerprint density at radius 1 is 0.269 bits per heavy atom. The summed E-state index contributed by atoms with van der Waals surface area (Å²) < 4.78 is 0. The van der Waals surface area contributed by atoms with Crippen LogP contribution >= 0.6 is 0 Å². The van der Waals surface area contributed by atoms with E-state index in [0.717, 1.165) is 47.3 Å². The molecule has 0 aromatic rings. The fourth-order valence-corrected chi connectivity index (χ4v) is 4.98. The van der Waals surface area contributed by atoms with E-state index in [0.29, 0.717) is 0 Å². The lowest BCUT2D eigenvalue weighted by Crippen LogP contribution is -2.08. The molecule has 0 aliphatic rings. The Kier molecular flexibility index (Phi) is 17.4. The molecule has 0 heteroatoms. The van der Waals surface area contributed by atoms with Crippen LogP contribution in [0.15, 0.2) is 0 Å². The molecule has 0 bridgehead atoms. The van der Waals surface area contributed by atoms with Gasteiger partial charge in [0.1, 0.15) is 0 Å². The minimum atomic E-state index is 0.862. The maximum absolute atomic E-state index is 2.40. The highest BCUT2D eigenvalue weighted by Crippen LogP contribution is 2.24. The van der Waals surface area contributed by atoms with E-state index in [1.165, 1.54) is 38.5 Å². The first-order valence-electron chi connectivity index (χ1n) is 11.8. The molecular weight excluding hydrogens is 312 g/mol. The summed E-state index contributed by atoms with van der Waals surface area (Å²) in [7, 11) is 0. The van der Waals surface area contributed by atoms with Gasteiger partial charge in [0.05, 0.1) is 0 Å². The highest BCUT2D eigenvalue weighted by Gasteiger charge is 2.12. The summed E-state index contributed by atoms with van der Waals surface area (Å²) in [5.41, 5.74) is 0. The average Bonchev–Trinajstić information content (AvgIpc) is 2.33. The second-order valence-corrected chi connectivity index (χ2v) is 11.4. The Bertz CT molecular complexity index is 228. The maximum Gasteiger partial charge on any atom is -0.0438 e. The van der Waals surface area contributed by atoms with E-state index < -0.39 is 0 Å². The van der Waals surface area contributed by atoms with Gasteiger partial charge in [-0.25, -0.2) is 0 Å². The van der Waals surface area contributed by atoms with Gasteiger partial charge >= 0.3 is 0 Å². The molecule has 160 valence electrons. The molecule has 0 N–H and O–H groups in total. The van der Waals surface area contributed by atoms with Crippen LogP contribution in [0.1, 0.15) is 122 Å². The summed E-state index contributed by atoms with van der Waals surface area (Å²) >= 11 is 0. The molecule has 0 aliphatic heterocycles. The van der Waals surface area contributed by atoms with Crippen LogP contribution in [0, 0.1) is 47.3 Å². The third kappa shape index (κ3) is 22.0. The third-order valence-electron chi connectivity index (χ3n) is 5.10. The third-order valence-corrected chi connectivity index (χ3v) is 5.10. The van der Waals surface area contributed by atoms with Gasteiger partial charge in [-0.2, -0.15) is 0 Å². The van der Waals surface area contributed by atoms with Crippen LogP contribution in [0.4, 0.5) is 0 Å². The van der Waals surface area contributed by atoms with Crippen molar-refractivity contribution in [2.24, 2.45) is 47.3 Å². The lowest BCUT2D eigenvalue weighted by atomic mass is 9.86. The SMILES string of the molecule is CC(C)C[C@@H](C)C[C@@H](C)CC(C)C.CC(C)C[C@H](C)C[C@@H](C)CC(C)C. The van der Waals surface area contributed by atoms with Crippen LogP contribution in [0.5, 0.6) is 0 Å².